The Kier molecular flexibility index (Phi) is 6.38. The molecule has 0 radical (unpaired) electrons. The van der Waals surface area contributed by atoms with Crippen molar-refractivity contribution in [3.8, 4) is 5.75 Å². The van der Waals surface area contributed by atoms with E-state index in [9.17, 15) is 4.79 Å². The van der Waals surface area contributed by atoms with Gasteiger partial charge in [-0.15, -0.1) is 0 Å². The molecular formula is C17H21N3O3. The SMILES string of the molecule is CN(C)c1ccc(NC(=O)COCCOc2ccccc2)cn1. The van der Waals surface area contributed by atoms with E-state index in [1.165, 1.54) is 0 Å². The van der Waals surface area contributed by atoms with Gasteiger partial charge in [0.05, 0.1) is 18.5 Å². The number of amides is 1. The zero-order valence-electron chi connectivity index (χ0n) is 13.4. The third-order valence-electron chi connectivity index (χ3n) is 2.96. The highest BCUT2D eigenvalue weighted by Crippen LogP contribution is 2.11. The molecule has 1 N–H and O–H groups in total. The molecule has 0 atom stereocenters. The third-order valence-corrected chi connectivity index (χ3v) is 2.96. The Morgan fingerprint density at radius 1 is 1.13 bits per heavy atom. The summed E-state index contributed by atoms with van der Waals surface area (Å²) in [7, 11) is 3.82. The van der Waals surface area contributed by atoms with Gasteiger partial charge >= 0.3 is 0 Å². The van der Waals surface area contributed by atoms with Crippen LogP contribution in [0.1, 0.15) is 0 Å². The van der Waals surface area contributed by atoms with Crippen LogP contribution in [0.2, 0.25) is 0 Å². The zero-order valence-corrected chi connectivity index (χ0v) is 13.4. The Labute approximate surface area is 136 Å². The van der Waals surface area contributed by atoms with Gasteiger partial charge in [-0.1, -0.05) is 18.2 Å². The molecule has 1 heterocycles. The number of rotatable bonds is 8. The van der Waals surface area contributed by atoms with Crippen molar-refractivity contribution in [1.29, 1.82) is 0 Å². The van der Waals surface area contributed by atoms with Crippen molar-refractivity contribution < 1.29 is 14.3 Å². The maximum Gasteiger partial charge on any atom is 0.250 e. The number of pyridine rings is 1. The van der Waals surface area contributed by atoms with E-state index in [1.807, 2.05) is 55.4 Å². The molecule has 0 unspecified atom stereocenters. The van der Waals surface area contributed by atoms with Crippen molar-refractivity contribution in [2.24, 2.45) is 0 Å². The van der Waals surface area contributed by atoms with Gasteiger partial charge in [0.25, 0.3) is 0 Å². The lowest BCUT2D eigenvalue weighted by atomic mass is 10.3. The monoisotopic (exact) mass is 315 g/mol. The van der Waals surface area contributed by atoms with Crippen molar-refractivity contribution in [3.05, 3.63) is 48.7 Å². The molecule has 2 aromatic rings. The smallest absolute Gasteiger partial charge is 0.250 e. The van der Waals surface area contributed by atoms with Crippen LogP contribution in [0.15, 0.2) is 48.7 Å². The van der Waals surface area contributed by atoms with Crippen LogP contribution in [0.25, 0.3) is 0 Å². The Bertz CT molecular complexity index is 600. The molecule has 2 rings (SSSR count). The summed E-state index contributed by atoms with van der Waals surface area (Å²) in [4.78, 5) is 17.9. The fourth-order valence-electron chi connectivity index (χ4n) is 1.82. The van der Waals surface area contributed by atoms with Crippen LogP contribution in [-0.2, 0) is 9.53 Å². The van der Waals surface area contributed by atoms with E-state index in [0.29, 0.717) is 18.9 Å². The Balaban J connectivity index is 1.63. The van der Waals surface area contributed by atoms with Crippen LogP contribution in [0.3, 0.4) is 0 Å². The number of anilines is 2. The van der Waals surface area contributed by atoms with Crippen molar-refractivity contribution in [3.63, 3.8) is 0 Å². The van der Waals surface area contributed by atoms with Gasteiger partial charge in [-0.05, 0) is 24.3 Å². The molecule has 6 nitrogen and oxygen atoms in total. The molecule has 122 valence electrons. The fourth-order valence-corrected chi connectivity index (χ4v) is 1.82. The molecule has 0 spiro atoms. The third kappa shape index (κ3) is 5.96. The Hall–Kier alpha value is -2.60. The number of carbonyl (C=O) groups excluding carboxylic acids is 1. The average molecular weight is 315 g/mol. The Morgan fingerprint density at radius 2 is 1.91 bits per heavy atom. The maximum absolute atomic E-state index is 11.7. The van der Waals surface area contributed by atoms with Gasteiger partial charge in [0.1, 0.15) is 24.8 Å². The van der Waals surface area contributed by atoms with Gasteiger partial charge < -0.3 is 19.7 Å². The summed E-state index contributed by atoms with van der Waals surface area (Å²) in [5.74, 6) is 1.40. The lowest BCUT2D eigenvalue weighted by molar-refractivity contribution is -0.120. The number of ether oxygens (including phenoxy) is 2. The predicted molar refractivity (Wildman–Crippen MR) is 89.9 cm³/mol. The zero-order chi connectivity index (χ0) is 16.5. The first kappa shape index (κ1) is 16.8. The lowest BCUT2D eigenvalue weighted by Crippen LogP contribution is -2.20. The normalized spacial score (nSPS) is 10.2. The molecule has 23 heavy (non-hydrogen) atoms. The fraction of sp³-hybridized carbons (Fsp3) is 0.294. The molecule has 0 aliphatic rings. The van der Waals surface area contributed by atoms with Gasteiger partial charge in [-0.3, -0.25) is 4.79 Å². The molecule has 0 bridgehead atoms. The van der Waals surface area contributed by atoms with E-state index in [0.717, 1.165) is 11.6 Å². The van der Waals surface area contributed by atoms with Crippen LogP contribution < -0.4 is 15.0 Å². The standard InChI is InChI=1S/C17H21N3O3/c1-20(2)16-9-8-14(12-18-16)19-17(21)13-22-10-11-23-15-6-4-3-5-7-15/h3-9,12H,10-11,13H2,1-2H3,(H,19,21). The van der Waals surface area contributed by atoms with Gasteiger partial charge in [0, 0.05) is 14.1 Å². The van der Waals surface area contributed by atoms with Gasteiger partial charge in [-0.2, -0.15) is 0 Å². The summed E-state index contributed by atoms with van der Waals surface area (Å²) in [6, 6.07) is 13.1. The lowest BCUT2D eigenvalue weighted by Gasteiger charge is -2.11. The second-order valence-corrected chi connectivity index (χ2v) is 5.06. The van der Waals surface area contributed by atoms with E-state index < -0.39 is 0 Å². The first-order chi connectivity index (χ1) is 11.1. The quantitative estimate of drug-likeness (QED) is 0.757. The second-order valence-electron chi connectivity index (χ2n) is 5.06. The number of aromatic nitrogens is 1. The van der Waals surface area contributed by atoms with E-state index in [1.54, 1.807) is 12.3 Å². The molecule has 0 saturated carbocycles. The van der Waals surface area contributed by atoms with E-state index in [-0.39, 0.29) is 12.5 Å². The minimum absolute atomic E-state index is 0.0203. The van der Waals surface area contributed by atoms with Gasteiger partial charge in [0.2, 0.25) is 5.91 Å². The maximum atomic E-state index is 11.7. The van der Waals surface area contributed by atoms with E-state index in [4.69, 9.17) is 9.47 Å². The summed E-state index contributed by atoms with van der Waals surface area (Å²) < 4.78 is 10.8. The van der Waals surface area contributed by atoms with Crippen molar-refractivity contribution >= 4 is 17.4 Å². The minimum atomic E-state index is -0.218. The molecule has 1 amide bonds. The highest BCUT2D eigenvalue weighted by molar-refractivity contribution is 5.91. The summed E-state index contributed by atoms with van der Waals surface area (Å²) in [6.07, 6.45) is 1.62. The summed E-state index contributed by atoms with van der Waals surface area (Å²) in [6.45, 7) is 0.726. The number of para-hydroxylation sites is 1. The number of nitrogens with one attached hydrogen (secondary N) is 1. The van der Waals surface area contributed by atoms with Crippen molar-refractivity contribution in [1.82, 2.24) is 4.98 Å². The molecular weight excluding hydrogens is 294 g/mol. The summed E-state index contributed by atoms with van der Waals surface area (Å²) >= 11 is 0. The highest BCUT2D eigenvalue weighted by atomic mass is 16.5. The average Bonchev–Trinajstić information content (AvgIpc) is 2.56. The van der Waals surface area contributed by atoms with E-state index in [2.05, 4.69) is 10.3 Å². The Morgan fingerprint density at radius 3 is 2.57 bits per heavy atom. The summed E-state index contributed by atoms with van der Waals surface area (Å²) in [5, 5.41) is 2.73. The number of hydrogen-bond acceptors (Lipinski definition) is 5. The number of carbonyl (C=O) groups is 1. The molecule has 1 aromatic carbocycles. The molecule has 1 aromatic heterocycles. The minimum Gasteiger partial charge on any atom is -0.491 e. The van der Waals surface area contributed by atoms with Crippen molar-refractivity contribution in [2.75, 3.05) is 44.1 Å². The molecule has 0 saturated heterocycles. The van der Waals surface area contributed by atoms with Crippen LogP contribution >= 0.6 is 0 Å². The van der Waals surface area contributed by atoms with Gasteiger partial charge in [0.15, 0.2) is 0 Å². The predicted octanol–water partition coefficient (Wildman–Crippen LogP) is 2.18. The number of benzene rings is 1. The van der Waals surface area contributed by atoms with Crippen LogP contribution in [0.5, 0.6) is 5.75 Å². The van der Waals surface area contributed by atoms with Gasteiger partial charge in [-0.25, -0.2) is 4.98 Å². The van der Waals surface area contributed by atoms with Crippen LogP contribution in [0, 0.1) is 0 Å². The molecule has 0 fully saturated rings. The van der Waals surface area contributed by atoms with Crippen molar-refractivity contribution in [2.45, 2.75) is 0 Å². The molecule has 6 heteroatoms. The van der Waals surface area contributed by atoms with E-state index >= 15 is 0 Å². The topological polar surface area (TPSA) is 63.7 Å². The first-order valence-electron chi connectivity index (χ1n) is 7.34. The number of hydrogen-bond donors (Lipinski definition) is 1. The molecule has 0 aliphatic carbocycles. The molecule has 0 aliphatic heterocycles. The largest absolute Gasteiger partial charge is 0.491 e. The first-order valence-corrected chi connectivity index (χ1v) is 7.34. The van der Waals surface area contributed by atoms with Crippen LogP contribution in [-0.4, -0.2) is 44.8 Å². The summed E-state index contributed by atoms with van der Waals surface area (Å²) in [5.41, 5.74) is 0.643. The second kappa shape index (κ2) is 8.75. The highest BCUT2D eigenvalue weighted by Gasteiger charge is 2.04. The number of nitrogens with zero attached hydrogens (tertiary/aromatic N) is 2. The van der Waals surface area contributed by atoms with Crippen LogP contribution in [0.4, 0.5) is 11.5 Å².